The Labute approximate surface area is 360 Å². The average Bonchev–Trinajstić information content (AvgIpc) is 3.69. The van der Waals surface area contributed by atoms with Gasteiger partial charge in [-0.2, -0.15) is 0 Å². The second-order valence-electron chi connectivity index (χ2n) is 16.1. The maximum atomic E-state index is 4.09. The van der Waals surface area contributed by atoms with Crippen molar-refractivity contribution in [2.24, 2.45) is 0 Å². The average molecular weight is 789 g/mol. The molecule has 0 aliphatic heterocycles. The molecule has 0 saturated heterocycles. The lowest BCUT2D eigenvalue weighted by molar-refractivity contribution is 1.18. The second-order valence-corrected chi connectivity index (χ2v) is 16.1. The molecule has 0 aliphatic carbocycles. The summed E-state index contributed by atoms with van der Waals surface area (Å²) in [6.45, 7) is 0. The molecule has 1 heterocycles. The Morgan fingerprint density at radius 3 is 1.71 bits per heavy atom. The van der Waals surface area contributed by atoms with Gasteiger partial charge in [0.05, 0.1) is 16.7 Å². The summed E-state index contributed by atoms with van der Waals surface area (Å²) in [4.78, 5) is 0. The van der Waals surface area contributed by atoms with Gasteiger partial charge >= 0.3 is 0 Å². The number of fused-ring (bicyclic) bond motifs is 6. The zero-order valence-corrected chi connectivity index (χ0v) is 34.0. The summed E-state index contributed by atoms with van der Waals surface area (Å²) in [6, 6.07) is 86.1. The van der Waals surface area contributed by atoms with Crippen molar-refractivity contribution in [3.63, 3.8) is 0 Å². The van der Waals surface area contributed by atoms with Crippen LogP contribution in [0.15, 0.2) is 237 Å². The van der Waals surface area contributed by atoms with Crippen LogP contribution in [-0.2, 0) is 0 Å². The van der Waals surface area contributed by atoms with Gasteiger partial charge < -0.3 is 9.88 Å². The van der Waals surface area contributed by atoms with E-state index in [2.05, 4.69) is 246 Å². The largest absolute Gasteiger partial charge is 0.354 e. The van der Waals surface area contributed by atoms with Crippen molar-refractivity contribution in [1.82, 2.24) is 4.57 Å². The number of nitrogens with one attached hydrogen (secondary N) is 1. The summed E-state index contributed by atoms with van der Waals surface area (Å²) in [5.41, 5.74) is 15.3. The molecule has 0 saturated carbocycles. The zero-order chi connectivity index (χ0) is 41.0. The normalized spacial score (nSPS) is 11.5. The highest BCUT2D eigenvalue weighted by Crippen LogP contribution is 2.47. The van der Waals surface area contributed by atoms with Gasteiger partial charge in [0.15, 0.2) is 0 Å². The van der Waals surface area contributed by atoms with E-state index in [4.69, 9.17) is 0 Å². The summed E-state index contributed by atoms with van der Waals surface area (Å²) in [7, 11) is 0. The predicted molar refractivity (Wildman–Crippen MR) is 265 cm³/mol. The number of para-hydroxylation sites is 3. The molecule has 0 fully saturated rings. The zero-order valence-electron chi connectivity index (χ0n) is 34.0. The lowest BCUT2D eigenvalue weighted by Crippen LogP contribution is -1.98. The van der Waals surface area contributed by atoms with Crippen LogP contribution < -0.4 is 5.32 Å². The molecule has 1 N–H and O–H groups in total. The molecule has 12 rings (SSSR count). The molecule has 0 amide bonds. The third kappa shape index (κ3) is 5.96. The maximum absolute atomic E-state index is 4.09. The number of rotatable bonds is 7. The quantitative estimate of drug-likeness (QED) is 0.159. The van der Waals surface area contributed by atoms with Gasteiger partial charge in [0.1, 0.15) is 0 Å². The summed E-state index contributed by atoms with van der Waals surface area (Å²) in [6.07, 6.45) is 0. The van der Waals surface area contributed by atoms with Crippen molar-refractivity contribution in [2.75, 3.05) is 5.32 Å². The van der Waals surface area contributed by atoms with Crippen LogP contribution in [0.1, 0.15) is 0 Å². The fourth-order valence-electron chi connectivity index (χ4n) is 9.69. The first-order valence-corrected chi connectivity index (χ1v) is 21.3. The molecule has 62 heavy (non-hydrogen) atoms. The number of hydrogen-bond donors (Lipinski definition) is 1. The van der Waals surface area contributed by atoms with Crippen LogP contribution >= 0.6 is 0 Å². The molecule has 11 aromatic carbocycles. The topological polar surface area (TPSA) is 17.0 Å². The minimum absolute atomic E-state index is 1.06. The van der Waals surface area contributed by atoms with Crippen molar-refractivity contribution >= 4 is 65.5 Å². The number of aromatic nitrogens is 1. The van der Waals surface area contributed by atoms with Gasteiger partial charge in [-0.05, 0) is 103 Å². The molecule has 0 atom stereocenters. The number of anilines is 2. The SMILES string of the molecule is c1ccc(-c2ccc(-c3c4ccccc4c(Nc4ccccc4-c4cccc5c4c4ccccc4n5-c4ccccc4)c4ccc(-c5ccc6ccccc6c5)cc34)cc2)cc1. The minimum atomic E-state index is 1.06. The van der Waals surface area contributed by atoms with Crippen molar-refractivity contribution in [3.8, 4) is 50.2 Å². The highest BCUT2D eigenvalue weighted by molar-refractivity contribution is 6.23. The van der Waals surface area contributed by atoms with Gasteiger partial charge in [-0.1, -0.05) is 194 Å². The van der Waals surface area contributed by atoms with Crippen LogP contribution in [0, 0.1) is 0 Å². The maximum Gasteiger partial charge on any atom is 0.0547 e. The lowest BCUT2D eigenvalue weighted by atomic mass is 9.88. The highest BCUT2D eigenvalue weighted by Gasteiger charge is 2.21. The first kappa shape index (κ1) is 35.7. The van der Waals surface area contributed by atoms with Crippen LogP contribution in [0.25, 0.3) is 104 Å². The second kappa shape index (κ2) is 14.8. The first-order chi connectivity index (χ1) is 30.8. The summed E-state index contributed by atoms with van der Waals surface area (Å²) in [5, 5.41) is 13.8. The van der Waals surface area contributed by atoms with Gasteiger partial charge in [0.25, 0.3) is 0 Å². The lowest BCUT2D eigenvalue weighted by Gasteiger charge is -2.21. The Morgan fingerprint density at radius 1 is 0.306 bits per heavy atom. The van der Waals surface area contributed by atoms with Gasteiger partial charge in [-0.25, -0.2) is 0 Å². The molecular formula is C60H40N2. The first-order valence-electron chi connectivity index (χ1n) is 21.3. The third-order valence-corrected chi connectivity index (χ3v) is 12.6. The number of benzene rings is 11. The van der Waals surface area contributed by atoms with Crippen molar-refractivity contribution in [3.05, 3.63) is 237 Å². The van der Waals surface area contributed by atoms with Crippen LogP contribution in [0.5, 0.6) is 0 Å². The van der Waals surface area contributed by atoms with Crippen LogP contribution in [0.4, 0.5) is 11.4 Å². The van der Waals surface area contributed by atoms with E-state index in [-0.39, 0.29) is 0 Å². The molecule has 2 nitrogen and oxygen atoms in total. The molecule has 0 spiro atoms. The van der Waals surface area contributed by atoms with Crippen molar-refractivity contribution in [2.45, 2.75) is 0 Å². The van der Waals surface area contributed by atoms with Gasteiger partial charge in [-0.3, -0.25) is 0 Å². The van der Waals surface area contributed by atoms with E-state index in [1.54, 1.807) is 0 Å². The standard InChI is InChI=1S/C60H40N2/c1-3-16-40(17-4-1)42-30-33-43(34-31-42)58-50-23-9-10-24-51(50)60(52-37-36-46(39-54(52)58)45-35-32-41-18-7-8-19-44(41)38-45)61-55-27-13-11-22-48(55)49-26-15-29-57-59(49)53-25-12-14-28-56(53)62(57)47-20-5-2-6-21-47/h1-39,61H. The molecule has 0 unspecified atom stereocenters. The van der Waals surface area contributed by atoms with E-state index in [0.29, 0.717) is 0 Å². The summed E-state index contributed by atoms with van der Waals surface area (Å²) >= 11 is 0. The van der Waals surface area contributed by atoms with Crippen molar-refractivity contribution in [1.29, 1.82) is 0 Å². The monoisotopic (exact) mass is 788 g/mol. The third-order valence-electron chi connectivity index (χ3n) is 12.6. The molecule has 0 aliphatic rings. The highest BCUT2D eigenvalue weighted by atomic mass is 15.0. The van der Waals surface area contributed by atoms with Crippen LogP contribution in [0.2, 0.25) is 0 Å². The molecule has 290 valence electrons. The van der Waals surface area contributed by atoms with Crippen LogP contribution in [0.3, 0.4) is 0 Å². The Balaban J connectivity index is 1.08. The number of hydrogen-bond acceptors (Lipinski definition) is 1. The van der Waals surface area contributed by atoms with E-state index in [1.807, 2.05) is 0 Å². The van der Waals surface area contributed by atoms with Gasteiger partial charge in [0.2, 0.25) is 0 Å². The van der Waals surface area contributed by atoms with E-state index < -0.39 is 0 Å². The van der Waals surface area contributed by atoms with Crippen molar-refractivity contribution < 1.29 is 0 Å². The fourth-order valence-corrected chi connectivity index (χ4v) is 9.69. The summed E-state index contributed by atoms with van der Waals surface area (Å²) in [5.74, 6) is 0. The molecule has 1 aromatic heterocycles. The molecule has 12 aromatic rings. The molecule has 2 heteroatoms. The van der Waals surface area contributed by atoms with E-state index >= 15 is 0 Å². The molecular weight excluding hydrogens is 749 g/mol. The van der Waals surface area contributed by atoms with Gasteiger partial charge in [0, 0.05) is 38.5 Å². The van der Waals surface area contributed by atoms with E-state index in [1.165, 1.54) is 93.1 Å². The molecule has 0 bridgehead atoms. The smallest absolute Gasteiger partial charge is 0.0547 e. The molecule has 0 radical (unpaired) electrons. The van der Waals surface area contributed by atoms with Crippen LogP contribution in [-0.4, -0.2) is 4.57 Å². The Kier molecular flexibility index (Phi) is 8.53. The Hall–Kier alpha value is -8.20. The Bertz CT molecular complexity index is 3640. The van der Waals surface area contributed by atoms with E-state index in [9.17, 15) is 0 Å². The predicted octanol–water partition coefficient (Wildman–Crippen LogP) is 16.7. The Morgan fingerprint density at radius 2 is 0.871 bits per heavy atom. The van der Waals surface area contributed by atoms with Gasteiger partial charge in [-0.15, -0.1) is 0 Å². The van der Waals surface area contributed by atoms with E-state index in [0.717, 1.165) is 22.6 Å². The number of nitrogens with zero attached hydrogens (tertiary/aromatic N) is 1. The summed E-state index contributed by atoms with van der Waals surface area (Å²) < 4.78 is 2.39. The fraction of sp³-hybridized carbons (Fsp3) is 0. The minimum Gasteiger partial charge on any atom is -0.354 e.